The summed E-state index contributed by atoms with van der Waals surface area (Å²) in [7, 11) is -2.96. The number of nitrogens with one attached hydrogen (secondary N) is 1. The van der Waals surface area contributed by atoms with E-state index in [1.165, 1.54) is 40.0 Å². The van der Waals surface area contributed by atoms with Crippen LogP contribution in [0.15, 0.2) is 36.5 Å². The van der Waals surface area contributed by atoms with Crippen molar-refractivity contribution < 1.29 is 85.8 Å². The highest BCUT2D eigenvalue weighted by molar-refractivity contribution is 6.61. The van der Waals surface area contributed by atoms with Gasteiger partial charge in [0.25, 0.3) is 0 Å². The molecule has 2 saturated heterocycles. The van der Waals surface area contributed by atoms with E-state index in [4.69, 9.17) is 41.7 Å². The standard InChI is InChI=1S/C48H79N3O18Si/c1-34(2)46(58)64-31-37(52)28-61-43(55)15-18-49-19-23-51(22-17-45(57)63-30-39(54)33-66-48(60)36(5)6)25-24-50(21-16-44(56)62-29-38(53)32-65-47(59)35(3)4)20-12-26-70-67-40-13-10-8-7-9-11-14-41(68-70)42(27-40)69-70/h37-42,49,52-54H,1,3,5,7-33H2,2,4,6H3. The minimum atomic E-state index is -2.96. The Hall–Kier alpha value is -4.10. The molecule has 0 radical (unpaired) electrons. The minimum Gasteiger partial charge on any atom is -0.463 e. The van der Waals surface area contributed by atoms with Gasteiger partial charge >= 0.3 is 44.6 Å². The van der Waals surface area contributed by atoms with Gasteiger partial charge in [0.05, 0.1) is 37.6 Å². The zero-order valence-electron chi connectivity index (χ0n) is 41.5. The maximum absolute atomic E-state index is 13.0. The summed E-state index contributed by atoms with van der Waals surface area (Å²) in [5.74, 6) is -3.73. The first kappa shape index (κ1) is 60.2. The lowest BCUT2D eigenvalue weighted by atomic mass is 10.0. The molecule has 22 heteroatoms. The maximum Gasteiger partial charge on any atom is 0.501 e. The summed E-state index contributed by atoms with van der Waals surface area (Å²) >= 11 is 0. The average Bonchev–Trinajstić information content (AvgIpc) is 3.56. The summed E-state index contributed by atoms with van der Waals surface area (Å²) < 4.78 is 50.4. The van der Waals surface area contributed by atoms with Gasteiger partial charge in [0.1, 0.15) is 58.0 Å². The van der Waals surface area contributed by atoms with Gasteiger partial charge in [-0.1, -0.05) is 51.8 Å². The van der Waals surface area contributed by atoms with Crippen LogP contribution in [0.5, 0.6) is 0 Å². The molecule has 1 aliphatic carbocycles. The molecule has 398 valence electrons. The molecule has 7 unspecified atom stereocenters. The Bertz CT molecular complexity index is 1720. The summed E-state index contributed by atoms with van der Waals surface area (Å²) in [4.78, 5) is 77.3. The smallest absolute Gasteiger partial charge is 0.463 e. The van der Waals surface area contributed by atoms with Crippen molar-refractivity contribution in [1.82, 2.24) is 15.1 Å². The fraction of sp³-hybridized carbons (Fsp3) is 0.750. The Labute approximate surface area is 413 Å². The van der Waals surface area contributed by atoms with Crippen LogP contribution in [0.2, 0.25) is 6.04 Å². The zero-order chi connectivity index (χ0) is 51.5. The lowest BCUT2D eigenvalue weighted by molar-refractivity contribution is -0.152. The fourth-order valence-electron chi connectivity index (χ4n) is 7.64. The third kappa shape index (κ3) is 24.8. The first-order valence-electron chi connectivity index (χ1n) is 24.5. The van der Waals surface area contributed by atoms with Crippen LogP contribution in [0.1, 0.15) is 97.8 Å². The van der Waals surface area contributed by atoms with Gasteiger partial charge in [-0.05, 0) is 46.6 Å². The van der Waals surface area contributed by atoms with E-state index in [0.717, 1.165) is 32.1 Å². The van der Waals surface area contributed by atoms with Crippen molar-refractivity contribution >= 4 is 44.6 Å². The quantitative estimate of drug-likeness (QED) is 0.0236. The van der Waals surface area contributed by atoms with Crippen LogP contribution < -0.4 is 5.32 Å². The Morgan fingerprint density at radius 3 is 1.47 bits per heavy atom. The molecule has 21 nitrogen and oxygen atoms in total. The van der Waals surface area contributed by atoms with E-state index >= 15 is 0 Å². The molecule has 0 amide bonds. The number of nitrogens with zero attached hydrogens (tertiary/aromatic N) is 2. The molecule has 3 bridgehead atoms. The Balaban J connectivity index is 1.63. The molecule has 3 rings (SSSR count). The summed E-state index contributed by atoms with van der Waals surface area (Å²) in [5.41, 5.74) is 0.510. The topological polar surface area (TPSA) is 265 Å². The molecule has 70 heavy (non-hydrogen) atoms. The van der Waals surface area contributed by atoms with Crippen molar-refractivity contribution in [3.63, 3.8) is 0 Å². The second kappa shape index (κ2) is 32.8. The molecule has 2 heterocycles. The van der Waals surface area contributed by atoms with Crippen LogP contribution in [0.25, 0.3) is 0 Å². The van der Waals surface area contributed by atoms with E-state index in [1.807, 2.05) is 4.90 Å². The molecular formula is C48H79N3O18Si. The third-order valence-electron chi connectivity index (χ3n) is 11.6. The Morgan fingerprint density at radius 2 is 0.971 bits per heavy atom. The van der Waals surface area contributed by atoms with Crippen molar-refractivity contribution in [2.24, 2.45) is 0 Å². The molecule has 0 aromatic carbocycles. The lowest BCUT2D eigenvalue weighted by Crippen LogP contribution is -2.49. The molecule has 7 atom stereocenters. The van der Waals surface area contributed by atoms with E-state index in [1.54, 1.807) is 0 Å². The molecule has 3 aliphatic rings. The number of rotatable bonds is 34. The predicted octanol–water partition coefficient (Wildman–Crippen LogP) is 2.07. The maximum atomic E-state index is 13.0. The highest BCUT2D eigenvalue weighted by Gasteiger charge is 2.58. The zero-order valence-corrected chi connectivity index (χ0v) is 42.5. The van der Waals surface area contributed by atoms with Gasteiger partial charge in [-0.2, -0.15) is 0 Å². The highest BCUT2D eigenvalue weighted by atomic mass is 28.4. The molecular weight excluding hydrogens is 935 g/mol. The van der Waals surface area contributed by atoms with E-state index in [-0.39, 0.29) is 107 Å². The van der Waals surface area contributed by atoms with Crippen molar-refractivity contribution in [1.29, 1.82) is 0 Å². The number of aliphatic hydroxyl groups excluding tert-OH is 3. The lowest BCUT2D eigenvalue weighted by Gasteiger charge is -2.34. The van der Waals surface area contributed by atoms with Gasteiger partial charge in [-0.25, -0.2) is 14.4 Å². The number of carbonyl (C=O) groups excluding carboxylic acids is 6. The molecule has 0 aromatic rings. The highest BCUT2D eigenvalue weighted by Crippen LogP contribution is 2.42. The second-order valence-electron chi connectivity index (χ2n) is 18.3. The SMILES string of the molecule is C=C(C)C(=O)OCC(O)COC(=O)CCNCCN(CCC(=O)OCC(O)COC(=O)C(=C)C)CCN(CCC[Si]12OC3CCCCCCCC(O1)C(C3)O2)CCC(=O)OCC(O)COC(=O)C(=C)C. The number of carbonyl (C=O) groups is 6. The molecule has 4 N–H and O–H groups in total. The van der Waals surface area contributed by atoms with Gasteiger partial charge in [0.15, 0.2) is 0 Å². The van der Waals surface area contributed by atoms with Crippen molar-refractivity contribution in [3.8, 4) is 0 Å². The number of ether oxygens (including phenoxy) is 6. The van der Waals surface area contributed by atoms with Gasteiger partial charge in [-0.15, -0.1) is 0 Å². The molecule has 2 aliphatic heterocycles. The van der Waals surface area contributed by atoms with Crippen LogP contribution in [-0.2, 0) is 70.5 Å². The van der Waals surface area contributed by atoms with E-state index in [0.29, 0.717) is 51.7 Å². The third-order valence-corrected chi connectivity index (χ3v) is 14.6. The van der Waals surface area contributed by atoms with Gasteiger partial charge in [0, 0.05) is 75.0 Å². The first-order chi connectivity index (χ1) is 33.3. The molecule has 1 saturated carbocycles. The van der Waals surface area contributed by atoms with Crippen LogP contribution >= 0.6 is 0 Å². The average molecular weight is 1010 g/mol. The fourth-order valence-corrected chi connectivity index (χ4v) is 10.9. The minimum absolute atomic E-state index is 0.0127. The summed E-state index contributed by atoms with van der Waals surface area (Å²) in [6, 6.07) is 0.605. The van der Waals surface area contributed by atoms with E-state index in [9.17, 15) is 44.1 Å². The van der Waals surface area contributed by atoms with Crippen LogP contribution in [0.3, 0.4) is 0 Å². The Kier molecular flexibility index (Phi) is 28.2. The van der Waals surface area contributed by atoms with Gasteiger partial charge in [0.2, 0.25) is 0 Å². The number of esters is 6. The number of fused-ring (bicyclic) bond motifs is 2. The molecule has 0 spiro atoms. The number of hydrogen-bond acceptors (Lipinski definition) is 21. The summed E-state index contributed by atoms with van der Waals surface area (Å²) in [6.45, 7) is 15.7. The summed E-state index contributed by atoms with van der Waals surface area (Å²) in [6.07, 6.45) is 5.65. The van der Waals surface area contributed by atoms with Crippen LogP contribution in [0.4, 0.5) is 0 Å². The monoisotopic (exact) mass is 1010 g/mol. The van der Waals surface area contributed by atoms with Crippen molar-refractivity contribution in [3.05, 3.63) is 36.5 Å². The van der Waals surface area contributed by atoms with Crippen LogP contribution in [0, 0.1) is 0 Å². The van der Waals surface area contributed by atoms with Crippen LogP contribution in [-0.4, -0.2) is 198 Å². The predicted molar refractivity (Wildman–Crippen MR) is 255 cm³/mol. The Morgan fingerprint density at radius 1 is 0.543 bits per heavy atom. The van der Waals surface area contributed by atoms with E-state index in [2.05, 4.69) is 30.0 Å². The van der Waals surface area contributed by atoms with Gasteiger partial charge in [-0.3, -0.25) is 14.4 Å². The van der Waals surface area contributed by atoms with E-state index < -0.39 is 62.9 Å². The van der Waals surface area contributed by atoms with Crippen molar-refractivity contribution in [2.75, 3.05) is 92.0 Å². The number of aliphatic hydroxyl groups is 3. The normalized spacial score (nSPS) is 21.2. The molecule has 3 fully saturated rings. The first-order valence-corrected chi connectivity index (χ1v) is 26.5. The van der Waals surface area contributed by atoms with Gasteiger partial charge < -0.3 is 72.1 Å². The largest absolute Gasteiger partial charge is 0.501 e. The number of hydrogen-bond donors (Lipinski definition) is 4. The van der Waals surface area contributed by atoms with Crippen molar-refractivity contribution in [2.45, 2.75) is 140 Å². The second-order valence-corrected chi connectivity index (χ2v) is 20.8. The summed E-state index contributed by atoms with van der Waals surface area (Å²) in [5, 5.41) is 33.7. The molecule has 0 aromatic heterocycles.